The molecule has 1 aromatic heterocycles. The first-order chi connectivity index (χ1) is 11.4. The molecule has 0 saturated carbocycles. The largest absolute Gasteiger partial charge is 0.383 e. The number of rotatable bonds is 3. The van der Waals surface area contributed by atoms with E-state index in [1.807, 2.05) is 45.2 Å². The third-order valence-electron chi connectivity index (χ3n) is 4.95. The lowest BCUT2D eigenvalue weighted by molar-refractivity contribution is 0.0487. The van der Waals surface area contributed by atoms with Crippen molar-refractivity contribution in [3.8, 4) is 0 Å². The molecule has 6 nitrogen and oxygen atoms in total. The van der Waals surface area contributed by atoms with E-state index in [4.69, 9.17) is 0 Å². The first-order valence-electron chi connectivity index (χ1n) is 8.19. The van der Waals surface area contributed by atoms with Crippen molar-refractivity contribution in [2.75, 3.05) is 13.1 Å². The van der Waals surface area contributed by atoms with Crippen LogP contribution in [0.3, 0.4) is 0 Å². The maximum Gasteiger partial charge on any atom is 0.317 e. The molecule has 6 heteroatoms. The highest BCUT2D eigenvalue weighted by atomic mass is 16.3. The number of likely N-dealkylation sites (tertiary alicyclic amines) is 1. The van der Waals surface area contributed by atoms with E-state index in [-0.39, 0.29) is 6.03 Å². The molecule has 0 aliphatic carbocycles. The van der Waals surface area contributed by atoms with Gasteiger partial charge < -0.3 is 15.3 Å². The predicted octanol–water partition coefficient (Wildman–Crippen LogP) is 1.84. The monoisotopic (exact) mass is 328 g/mol. The third-order valence-corrected chi connectivity index (χ3v) is 4.95. The molecule has 1 aliphatic heterocycles. The quantitative estimate of drug-likeness (QED) is 0.903. The topological polar surface area (TPSA) is 70.4 Å². The molecule has 0 bridgehead atoms. The van der Waals surface area contributed by atoms with Crippen molar-refractivity contribution in [1.82, 2.24) is 20.0 Å². The van der Waals surface area contributed by atoms with Crippen LogP contribution in [0.5, 0.6) is 0 Å². The molecule has 2 aromatic rings. The lowest BCUT2D eigenvalue weighted by atomic mass is 9.89. The Balaban J connectivity index is 1.64. The number of aliphatic hydroxyl groups is 1. The van der Waals surface area contributed by atoms with Crippen LogP contribution < -0.4 is 5.32 Å². The summed E-state index contributed by atoms with van der Waals surface area (Å²) >= 11 is 0. The SMILES string of the molecule is Cc1ccccc1[C@]1(O)CCN(C(=O)NCc2cnn(C)c2C)C1. The molecule has 2 heterocycles. The molecule has 1 fully saturated rings. The van der Waals surface area contributed by atoms with Gasteiger partial charge in [0.1, 0.15) is 5.60 Å². The van der Waals surface area contributed by atoms with Crippen molar-refractivity contribution < 1.29 is 9.90 Å². The average Bonchev–Trinajstić information content (AvgIpc) is 3.11. The molecule has 0 unspecified atom stereocenters. The molecule has 128 valence electrons. The molecule has 1 aromatic carbocycles. The van der Waals surface area contributed by atoms with E-state index in [0.29, 0.717) is 26.1 Å². The summed E-state index contributed by atoms with van der Waals surface area (Å²) in [6.45, 7) is 5.26. The number of β-amino-alcohol motifs (C(OH)–C–C–N with tert-alkyl or cyclic N) is 1. The molecule has 24 heavy (non-hydrogen) atoms. The minimum atomic E-state index is -0.965. The lowest BCUT2D eigenvalue weighted by Gasteiger charge is -2.25. The van der Waals surface area contributed by atoms with Crippen molar-refractivity contribution in [1.29, 1.82) is 0 Å². The van der Waals surface area contributed by atoms with Gasteiger partial charge in [0.25, 0.3) is 0 Å². The Morgan fingerprint density at radius 2 is 2.12 bits per heavy atom. The summed E-state index contributed by atoms with van der Waals surface area (Å²) in [6, 6.07) is 7.66. The average molecular weight is 328 g/mol. The van der Waals surface area contributed by atoms with Gasteiger partial charge in [-0.3, -0.25) is 4.68 Å². The number of nitrogens with one attached hydrogen (secondary N) is 1. The van der Waals surface area contributed by atoms with E-state index in [9.17, 15) is 9.90 Å². The molecule has 1 atom stereocenters. The lowest BCUT2D eigenvalue weighted by Crippen LogP contribution is -2.40. The summed E-state index contributed by atoms with van der Waals surface area (Å²) < 4.78 is 1.79. The number of carbonyl (C=O) groups excluding carboxylic acids is 1. The number of carbonyl (C=O) groups is 1. The summed E-state index contributed by atoms with van der Waals surface area (Å²) in [4.78, 5) is 14.1. The fraction of sp³-hybridized carbons (Fsp3) is 0.444. The summed E-state index contributed by atoms with van der Waals surface area (Å²) in [6.07, 6.45) is 2.32. The molecule has 1 saturated heterocycles. The molecular formula is C18H24N4O2. The van der Waals surface area contributed by atoms with Crippen LogP contribution >= 0.6 is 0 Å². The molecule has 2 amide bonds. The Morgan fingerprint density at radius 1 is 1.38 bits per heavy atom. The molecular weight excluding hydrogens is 304 g/mol. The first kappa shape index (κ1) is 16.5. The Kier molecular flexibility index (Phi) is 4.32. The Hall–Kier alpha value is -2.34. The molecule has 1 aliphatic rings. The van der Waals surface area contributed by atoms with Crippen molar-refractivity contribution >= 4 is 6.03 Å². The smallest absolute Gasteiger partial charge is 0.317 e. The van der Waals surface area contributed by atoms with E-state index >= 15 is 0 Å². The van der Waals surface area contributed by atoms with Crippen LogP contribution in [0, 0.1) is 13.8 Å². The number of amides is 2. The second kappa shape index (κ2) is 6.28. The highest BCUT2D eigenvalue weighted by Gasteiger charge is 2.40. The molecule has 0 radical (unpaired) electrons. The van der Waals surface area contributed by atoms with Gasteiger partial charge in [0.05, 0.1) is 12.7 Å². The Labute approximate surface area is 142 Å². The Morgan fingerprint density at radius 3 is 2.79 bits per heavy atom. The number of benzene rings is 1. The summed E-state index contributed by atoms with van der Waals surface area (Å²) in [5, 5.41) is 18.1. The summed E-state index contributed by atoms with van der Waals surface area (Å²) in [5.41, 5.74) is 3.02. The summed E-state index contributed by atoms with van der Waals surface area (Å²) in [7, 11) is 1.88. The second-order valence-corrected chi connectivity index (χ2v) is 6.56. The van der Waals surface area contributed by atoms with Gasteiger partial charge in [0, 0.05) is 31.4 Å². The standard InChI is InChI=1S/C18H24N4O2/c1-13-6-4-5-7-16(13)18(24)8-9-22(12-18)17(23)19-10-15-11-20-21(3)14(15)2/h4-7,11,24H,8-10,12H2,1-3H3,(H,19,23)/t18-/m0/s1. The van der Waals surface area contributed by atoms with Gasteiger partial charge in [0.15, 0.2) is 0 Å². The van der Waals surface area contributed by atoms with E-state index in [1.165, 1.54) is 0 Å². The van der Waals surface area contributed by atoms with Crippen molar-refractivity contribution in [3.63, 3.8) is 0 Å². The van der Waals surface area contributed by atoms with E-state index < -0.39 is 5.60 Å². The minimum Gasteiger partial charge on any atom is -0.383 e. The van der Waals surface area contributed by atoms with Crippen LogP contribution in [-0.4, -0.2) is 38.9 Å². The zero-order valence-corrected chi connectivity index (χ0v) is 14.4. The fourth-order valence-electron chi connectivity index (χ4n) is 3.28. The van der Waals surface area contributed by atoms with Crippen LogP contribution in [0.15, 0.2) is 30.5 Å². The number of aromatic nitrogens is 2. The van der Waals surface area contributed by atoms with E-state index in [2.05, 4.69) is 10.4 Å². The highest BCUT2D eigenvalue weighted by molar-refractivity contribution is 5.74. The van der Waals surface area contributed by atoms with Crippen LogP contribution in [-0.2, 0) is 19.2 Å². The van der Waals surface area contributed by atoms with Gasteiger partial charge in [-0.05, 0) is 31.4 Å². The minimum absolute atomic E-state index is 0.150. The zero-order chi connectivity index (χ0) is 17.3. The normalized spacial score (nSPS) is 20.4. The van der Waals surface area contributed by atoms with Gasteiger partial charge >= 0.3 is 6.03 Å². The maximum absolute atomic E-state index is 12.4. The molecule has 0 spiro atoms. The number of hydrogen-bond donors (Lipinski definition) is 2. The van der Waals surface area contributed by atoms with Gasteiger partial charge in [-0.1, -0.05) is 24.3 Å². The van der Waals surface area contributed by atoms with Crippen LogP contribution in [0.25, 0.3) is 0 Å². The fourth-order valence-corrected chi connectivity index (χ4v) is 3.28. The van der Waals surface area contributed by atoms with Gasteiger partial charge in [0.2, 0.25) is 0 Å². The second-order valence-electron chi connectivity index (χ2n) is 6.56. The molecule has 3 rings (SSSR count). The number of aryl methyl sites for hydroxylation is 2. The van der Waals surface area contributed by atoms with Crippen LogP contribution in [0.4, 0.5) is 4.79 Å². The zero-order valence-electron chi connectivity index (χ0n) is 14.4. The number of urea groups is 1. The number of nitrogens with zero attached hydrogens (tertiary/aromatic N) is 3. The van der Waals surface area contributed by atoms with Gasteiger partial charge in [-0.15, -0.1) is 0 Å². The van der Waals surface area contributed by atoms with E-state index in [1.54, 1.807) is 15.8 Å². The third kappa shape index (κ3) is 3.01. The van der Waals surface area contributed by atoms with Crippen LogP contribution in [0.1, 0.15) is 28.8 Å². The maximum atomic E-state index is 12.4. The summed E-state index contributed by atoms with van der Waals surface area (Å²) in [5.74, 6) is 0. The van der Waals surface area contributed by atoms with Crippen molar-refractivity contribution in [3.05, 3.63) is 52.8 Å². The van der Waals surface area contributed by atoms with Crippen LogP contribution in [0.2, 0.25) is 0 Å². The van der Waals surface area contributed by atoms with Crippen molar-refractivity contribution in [2.24, 2.45) is 7.05 Å². The van der Waals surface area contributed by atoms with Gasteiger partial charge in [-0.25, -0.2) is 4.79 Å². The first-order valence-corrected chi connectivity index (χ1v) is 8.19. The molecule has 2 N–H and O–H groups in total. The van der Waals surface area contributed by atoms with Crippen molar-refractivity contribution in [2.45, 2.75) is 32.4 Å². The Bertz CT molecular complexity index is 755. The van der Waals surface area contributed by atoms with E-state index in [0.717, 1.165) is 22.4 Å². The highest BCUT2D eigenvalue weighted by Crippen LogP contribution is 2.33. The predicted molar refractivity (Wildman–Crippen MR) is 91.4 cm³/mol. The van der Waals surface area contributed by atoms with Gasteiger partial charge in [-0.2, -0.15) is 5.10 Å². The number of hydrogen-bond acceptors (Lipinski definition) is 3.